The average molecular weight is 264 g/mol. The topological polar surface area (TPSA) is 94.1 Å². The van der Waals surface area contributed by atoms with Crippen LogP contribution in [0.3, 0.4) is 0 Å². The maximum atomic E-state index is 7.65. The van der Waals surface area contributed by atoms with Gasteiger partial charge in [-0.25, -0.2) is 0 Å². The molecule has 1 aliphatic rings. The van der Waals surface area contributed by atoms with Crippen molar-refractivity contribution in [3.8, 4) is 5.88 Å². The highest BCUT2D eigenvalue weighted by atomic mass is 16.5. The molecule has 0 atom stereocenters. The van der Waals surface area contributed by atoms with Crippen LogP contribution in [0.2, 0.25) is 0 Å². The normalized spacial score (nSPS) is 16.3. The molecule has 0 radical (unpaired) electrons. The predicted molar refractivity (Wildman–Crippen MR) is 71.6 cm³/mol. The van der Waals surface area contributed by atoms with E-state index in [1.165, 1.54) is 0 Å². The van der Waals surface area contributed by atoms with Crippen LogP contribution in [0.1, 0.15) is 29.7 Å². The van der Waals surface area contributed by atoms with Gasteiger partial charge >= 0.3 is 0 Å². The third-order valence-corrected chi connectivity index (χ3v) is 3.49. The summed E-state index contributed by atoms with van der Waals surface area (Å²) >= 11 is 0. The van der Waals surface area contributed by atoms with Crippen molar-refractivity contribution in [3.05, 3.63) is 16.8 Å². The number of hydrogen-bond donors (Lipinski definition) is 2. The Balaban J connectivity index is 2.11. The molecule has 6 heteroatoms. The van der Waals surface area contributed by atoms with E-state index in [9.17, 15) is 0 Å². The van der Waals surface area contributed by atoms with Crippen molar-refractivity contribution in [2.75, 3.05) is 19.8 Å². The fourth-order valence-electron chi connectivity index (χ4n) is 2.11. The van der Waals surface area contributed by atoms with Gasteiger partial charge in [0.2, 0.25) is 5.88 Å². The molecule has 1 saturated heterocycles. The van der Waals surface area contributed by atoms with Gasteiger partial charge < -0.3 is 15.2 Å². The Bertz CT molecular complexity index is 470. The first-order chi connectivity index (χ1) is 9.09. The van der Waals surface area contributed by atoms with Gasteiger partial charge in [-0.2, -0.15) is 5.10 Å². The second-order valence-electron chi connectivity index (χ2n) is 4.87. The van der Waals surface area contributed by atoms with E-state index in [4.69, 9.17) is 20.6 Å². The van der Waals surface area contributed by atoms with Crippen LogP contribution in [0.5, 0.6) is 5.88 Å². The number of nitrogens with zero attached hydrogens (tertiary/aromatic N) is 2. The van der Waals surface area contributed by atoms with E-state index in [1.54, 1.807) is 0 Å². The number of nitrogens with two attached hydrogens (primary N) is 1. The van der Waals surface area contributed by atoms with Gasteiger partial charge in [-0.1, -0.05) is 0 Å². The van der Waals surface area contributed by atoms with Crippen molar-refractivity contribution in [1.29, 1.82) is 5.41 Å². The average Bonchev–Trinajstić information content (AvgIpc) is 2.41. The second kappa shape index (κ2) is 5.97. The van der Waals surface area contributed by atoms with Crippen molar-refractivity contribution in [2.45, 2.75) is 26.7 Å². The van der Waals surface area contributed by atoms with Crippen LogP contribution in [-0.2, 0) is 4.74 Å². The van der Waals surface area contributed by atoms with Gasteiger partial charge in [-0.3, -0.25) is 5.41 Å². The Hall–Kier alpha value is -1.69. The van der Waals surface area contributed by atoms with Crippen molar-refractivity contribution < 1.29 is 9.47 Å². The highest BCUT2D eigenvalue weighted by Crippen LogP contribution is 2.22. The number of rotatable bonds is 4. The summed E-state index contributed by atoms with van der Waals surface area (Å²) in [6.07, 6.45) is 1.99. The van der Waals surface area contributed by atoms with E-state index in [2.05, 4.69) is 10.2 Å². The summed E-state index contributed by atoms with van der Waals surface area (Å²) < 4.78 is 11.0. The van der Waals surface area contributed by atoms with Gasteiger partial charge in [0.1, 0.15) is 5.84 Å². The first-order valence-corrected chi connectivity index (χ1v) is 6.48. The smallest absolute Gasteiger partial charge is 0.244 e. The third-order valence-electron chi connectivity index (χ3n) is 3.49. The van der Waals surface area contributed by atoms with Crippen LogP contribution in [0.4, 0.5) is 0 Å². The number of hydrogen-bond acceptors (Lipinski definition) is 5. The Morgan fingerprint density at radius 2 is 2.05 bits per heavy atom. The van der Waals surface area contributed by atoms with Crippen LogP contribution >= 0.6 is 0 Å². The standard InChI is InChI=1S/C13H20N4O2/c1-8-9(2)16-17-13(11(8)12(14)15)19-7-10-3-5-18-6-4-10/h10H,3-7H2,1-2H3,(H3,14,15). The number of amidine groups is 1. The molecule has 6 nitrogen and oxygen atoms in total. The summed E-state index contributed by atoms with van der Waals surface area (Å²) in [5.41, 5.74) is 7.78. The number of aryl methyl sites for hydroxylation is 1. The molecule has 1 aromatic heterocycles. The quantitative estimate of drug-likeness (QED) is 0.629. The minimum Gasteiger partial charge on any atom is -0.476 e. The number of ether oxygens (including phenoxy) is 2. The van der Waals surface area contributed by atoms with E-state index < -0.39 is 0 Å². The molecule has 0 bridgehead atoms. The van der Waals surface area contributed by atoms with Crippen LogP contribution in [-0.4, -0.2) is 35.9 Å². The molecular formula is C13H20N4O2. The van der Waals surface area contributed by atoms with E-state index in [-0.39, 0.29) is 5.84 Å². The fraction of sp³-hybridized carbons (Fsp3) is 0.615. The Morgan fingerprint density at radius 3 is 2.68 bits per heavy atom. The lowest BCUT2D eigenvalue weighted by molar-refractivity contribution is 0.0488. The van der Waals surface area contributed by atoms with E-state index >= 15 is 0 Å². The van der Waals surface area contributed by atoms with Crippen molar-refractivity contribution >= 4 is 5.84 Å². The second-order valence-corrected chi connectivity index (χ2v) is 4.87. The molecule has 2 rings (SSSR count). The molecule has 1 fully saturated rings. The van der Waals surface area contributed by atoms with E-state index in [0.717, 1.165) is 37.3 Å². The molecule has 1 aromatic rings. The highest BCUT2D eigenvalue weighted by Gasteiger charge is 2.18. The fourth-order valence-corrected chi connectivity index (χ4v) is 2.11. The Labute approximate surface area is 112 Å². The van der Waals surface area contributed by atoms with E-state index in [1.807, 2.05) is 13.8 Å². The lowest BCUT2D eigenvalue weighted by Crippen LogP contribution is -2.23. The summed E-state index contributed by atoms with van der Waals surface area (Å²) in [6.45, 7) is 5.86. The molecular weight excluding hydrogens is 244 g/mol. The van der Waals surface area contributed by atoms with E-state index in [0.29, 0.717) is 24.0 Å². The summed E-state index contributed by atoms with van der Waals surface area (Å²) in [5.74, 6) is 0.802. The Morgan fingerprint density at radius 1 is 1.37 bits per heavy atom. The maximum absolute atomic E-state index is 7.65. The van der Waals surface area contributed by atoms with Crippen molar-refractivity contribution in [1.82, 2.24) is 10.2 Å². The summed E-state index contributed by atoms with van der Waals surface area (Å²) in [7, 11) is 0. The summed E-state index contributed by atoms with van der Waals surface area (Å²) in [4.78, 5) is 0. The van der Waals surface area contributed by atoms with Crippen molar-refractivity contribution in [3.63, 3.8) is 0 Å². The molecule has 0 amide bonds. The van der Waals surface area contributed by atoms with Gasteiger partial charge in [-0.05, 0) is 38.2 Å². The maximum Gasteiger partial charge on any atom is 0.244 e. The highest BCUT2D eigenvalue weighted by molar-refractivity contribution is 5.98. The van der Waals surface area contributed by atoms with Gasteiger partial charge in [0, 0.05) is 13.2 Å². The molecule has 0 aliphatic carbocycles. The number of nitrogen functional groups attached to an aromatic ring is 1. The van der Waals surface area contributed by atoms with Crippen molar-refractivity contribution in [2.24, 2.45) is 11.7 Å². The van der Waals surface area contributed by atoms with Crippen LogP contribution in [0, 0.1) is 25.2 Å². The van der Waals surface area contributed by atoms with Crippen LogP contribution in [0.15, 0.2) is 0 Å². The van der Waals surface area contributed by atoms with Crippen LogP contribution in [0.25, 0.3) is 0 Å². The lowest BCUT2D eigenvalue weighted by atomic mass is 10.0. The van der Waals surface area contributed by atoms with Gasteiger partial charge in [-0.15, -0.1) is 5.10 Å². The molecule has 1 aliphatic heterocycles. The van der Waals surface area contributed by atoms with Gasteiger partial charge in [0.15, 0.2) is 0 Å². The molecule has 2 heterocycles. The first kappa shape index (κ1) is 13.7. The van der Waals surface area contributed by atoms with Crippen LogP contribution < -0.4 is 10.5 Å². The Kier molecular flexibility index (Phi) is 4.31. The van der Waals surface area contributed by atoms with Gasteiger partial charge in [0.25, 0.3) is 0 Å². The summed E-state index contributed by atoms with van der Waals surface area (Å²) in [5, 5.41) is 15.7. The minimum atomic E-state index is -0.0301. The molecule has 0 saturated carbocycles. The monoisotopic (exact) mass is 264 g/mol. The molecule has 3 N–H and O–H groups in total. The van der Waals surface area contributed by atoms with Gasteiger partial charge in [0.05, 0.1) is 17.9 Å². The lowest BCUT2D eigenvalue weighted by Gasteiger charge is -2.22. The first-order valence-electron chi connectivity index (χ1n) is 6.48. The SMILES string of the molecule is Cc1nnc(OCC2CCOCC2)c(C(=N)N)c1C. The zero-order valence-corrected chi connectivity index (χ0v) is 11.4. The zero-order chi connectivity index (χ0) is 13.8. The molecule has 104 valence electrons. The molecule has 19 heavy (non-hydrogen) atoms. The molecule has 0 spiro atoms. The molecule has 0 unspecified atom stereocenters. The molecule has 0 aromatic carbocycles. The summed E-state index contributed by atoms with van der Waals surface area (Å²) in [6, 6.07) is 0. The predicted octanol–water partition coefficient (Wildman–Crippen LogP) is 1.18. The zero-order valence-electron chi connectivity index (χ0n) is 11.4. The minimum absolute atomic E-state index is 0.0301. The number of nitrogens with one attached hydrogen (secondary N) is 1. The largest absolute Gasteiger partial charge is 0.476 e. The number of aromatic nitrogens is 2. The third kappa shape index (κ3) is 3.20.